The first kappa shape index (κ1) is 31.3. The maximum absolute atomic E-state index is 6.41. The van der Waals surface area contributed by atoms with Gasteiger partial charge in [-0.15, -0.1) is 0 Å². The molecule has 7 aromatic carbocycles. The molecule has 2 aliphatic carbocycles. The molecule has 0 radical (unpaired) electrons. The Morgan fingerprint density at radius 1 is 0.566 bits per heavy atom. The number of benzene rings is 7. The summed E-state index contributed by atoms with van der Waals surface area (Å²) in [5, 5.41) is 2.20. The third kappa shape index (κ3) is 5.15. The van der Waals surface area contributed by atoms with Crippen molar-refractivity contribution in [2.75, 3.05) is 4.90 Å². The lowest BCUT2D eigenvalue weighted by Gasteiger charge is -2.29. The highest BCUT2D eigenvalue weighted by atomic mass is 16.3. The van der Waals surface area contributed by atoms with E-state index in [0.717, 1.165) is 55.6 Å². The number of hydrogen-bond acceptors (Lipinski definition) is 3. The predicted molar refractivity (Wildman–Crippen MR) is 220 cm³/mol. The number of para-hydroxylation sites is 1. The van der Waals surface area contributed by atoms with Crippen LogP contribution in [0.5, 0.6) is 0 Å². The van der Waals surface area contributed by atoms with Crippen molar-refractivity contribution in [3.05, 3.63) is 193 Å². The van der Waals surface area contributed by atoms with Gasteiger partial charge >= 0.3 is 0 Å². The largest absolute Gasteiger partial charge is 0.435 e. The van der Waals surface area contributed by atoms with Crippen LogP contribution in [0.25, 0.3) is 55.6 Å². The Labute approximate surface area is 310 Å². The van der Waals surface area contributed by atoms with Crippen molar-refractivity contribution in [3.8, 4) is 33.7 Å². The summed E-state index contributed by atoms with van der Waals surface area (Å²) in [6.07, 6.45) is 9.21. The van der Waals surface area contributed by atoms with Crippen LogP contribution in [-0.4, -0.2) is 4.98 Å². The van der Waals surface area contributed by atoms with Crippen LogP contribution in [-0.2, 0) is 5.41 Å². The van der Waals surface area contributed by atoms with Crippen molar-refractivity contribution in [3.63, 3.8) is 0 Å². The maximum atomic E-state index is 6.41. The van der Waals surface area contributed by atoms with Gasteiger partial charge in [0.15, 0.2) is 5.58 Å². The fourth-order valence-electron chi connectivity index (χ4n) is 8.77. The number of fused-ring (bicyclic) bond motifs is 6. The molecule has 10 rings (SSSR count). The van der Waals surface area contributed by atoms with E-state index in [4.69, 9.17) is 9.40 Å². The molecule has 3 nitrogen and oxygen atoms in total. The minimum atomic E-state index is 0.0626. The van der Waals surface area contributed by atoms with E-state index in [0.29, 0.717) is 17.7 Å². The lowest BCUT2D eigenvalue weighted by Crippen LogP contribution is -2.24. The van der Waals surface area contributed by atoms with E-state index < -0.39 is 0 Å². The van der Waals surface area contributed by atoms with Crippen molar-refractivity contribution in [2.24, 2.45) is 5.92 Å². The zero-order valence-electron chi connectivity index (χ0n) is 29.8. The van der Waals surface area contributed by atoms with Gasteiger partial charge in [-0.2, -0.15) is 0 Å². The Bertz CT molecular complexity index is 2700. The Morgan fingerprint density at radius 3 is 2.06 bits per heavy atom. The van der Waals surface area contributed by atoms with Crippen LogP contribution in [0.1, 0.15) is 30.9 Å². The van der Waals surface area contributed by atoms with Crippen LogP contribution in [0, 0.1) is 5.92 Å². The lowest BCUT2D eigenvalue weighted by molar-refractivity contribution is 0.394. The third-order valence-electron chi connectivity index (χ3n) is 11.4. The molecule has 3 heteroatoms. The fraction of sp³-hybridized carbons (Fsp3) is 0.100. The second-order valence-corrected chi connectivity index (χ2v) is 14.8. The SMILES string of the molecule is CC1(C)c2ccc(N(c3ccc(-c4cccc5c4ccc4nc(-c6ccccc6)oc45)cc3)c3ccccc3-c3ccccc3)cc2C2C=CC=CC21. The average molecular weight is 683 g/mol. The molecular formula is C50H38N2O. The van der Waals surface area contributed by atoms with Crippen LogP contribution in [0.4, 0.5) is 17.1 Å². The summed E-state index contributed by atoms with van der Waals surface area (Å²) in [6.45, 7) is 4.79. The van der Waals surface area contributed by atoms with Crippen LogP contribution < -0.4 is 4.90 Å². The second-order valence-electron chi connectivity index (χ2n) is 14.8. The van der Waals surface area contributed by atoms with Crippen molar-refractivity contribution in [1.29, 1.82) is 0 Å². The Balaban J connectivity index is 1.10. The standard InChI is InChI=1S/C50H38N2O/c1-50(2)44-22-11-9-19-41(44)43-32-37(28-30-45(43)50)52(47-23-12-10-18-39(47)33-14-5-3-6-15-33)36-26-24-34(25-27-36)38-20-13-21-42-40(38)29-31-46-48(42)53-49(51-46)35-16-7-4-8-17-35/h3-32,41,44H,1-2H3. The molecule has 8 aromatic rings. The van der Waals surface area contributed by atoms with Crippen LogP contribution in [0.2, 0.25) is 0 Å². The molecule has 1 aromatic heterocycles. The lowest BCUT2D eigenvalue weighted by atomic mass is 9.74. The van der Waals surface area contributed by atoms with E-state index in [1.807, 2.05) is 30.3 Å². The average Bonchev–Trinajstić information content (AvgIpc) is 3.76. The van der Waals surface area contributed by atoms with Gasteiger partial charge in [0.1, 0.15) is 5.52 Å². The van der Waals surface area contributed by atoms with Gasteiger partial charge in [0.05, 0.1) is 5.69 Å². The van der Waals surface area contributed by atoms with Crippen molar-refractivity contribution < 1.29 is 4.42 Å². The molecule has 2 atom stereocenters. The van der Waals surface area contributed by atoms with E-state index in [9.17, 15) is 0 Å². The van der Waals surface area contributed by atoms with Crippen molar-refractivity contribution in [2.45, 2.75) is 25.2 Å². The van der Waals surface area contributed by atoms with Gasteiger partial charge in [-0.3, -0.25) is 0 Å². The van der Waals surface area contributed by atoms with E-state index in [1.165, 1.54) is 22.3 Å². The van der Waals surface area contributed by atoms with Gasteiger partial charge in [-0.1, -0.05) is 147 Å². The van der Waals surface area contributed by atoms with Crippen LogP contribution in [0.15, 0.2) is 186 Å². The molecule has 0 amide bonds. The zero-order valence-corrected chi connectivity index (χ0v) is 29.8. The normalized spacial score (nSPS) is 16.9. The number of nitrogens with zero attached hydrogens (tertiary/aromatic N) is 2. The molecule has 0 saturated carbocycles. The first-order valence-corrected chi connectivity index (χ1v) is 18.5. The number of anilines is 3. The number of allylic oxidation sites excluding steroid dienone is 4. The molecule has 2 aliphatic rings. The van der Waals surface area contributed by atoms with Crippen molar-refractivity contribution >= 4 is 38.9 Å². The minimum Gasteiger partial charge on any atom is -0.435 e. The van der Waals surface area contributed by atoms with Gasteiger partial charge in [-0.05, 0) is 93.1 Å². The summed E-state index contributed by atoms with van der Waals surface area (Å²) >= 11 is 0. The van der Waals surface area contributed by atoms with Crippen LogP contribution in [0.3, 0.4) is 0 Å². The molecule has 0 bridgehead atoms. The molecule has 0 N–H and O–H groups in total. The van der Waals surface area contributed by atoms with Gasteiger partial charge in [0.25, 0.3) is 0 Å². The molecule has 254 valence electrons. The summed E-state index contributed by atoms with van der Waals surface area (Å²) in [6, 6.07) is 56.4. The molecule has 2 unspecified atom stereocenters. The molecule has 0 saturated heterocycles. The number of hydrogen-bond donors (Lipinski definition) is 0. The number of oxazole rings is 1. The first-order valence-electron chi connectivity index (χ1n) is 18.5. The predicted octanol–water partition coefficient (Wildman–Crippen LogP) is 13.6. The van der Waals surface area contributed by atoms with E-state index in [2.05, 4.69) is 170 Å². The summed E-state index contributed by atoms with van der Waals surface area (Å²) in [5.41, 5.74) is 13.7. The first-order chi connectivity index (χ1) is 26.0. The second kappa shape index (κ2) is 12.4. The molecule has 0 fully saturated rings. The van der Waals surface area contributed by atoms with Gasteiger partial charge < -0.3 is 9.32 Å². The summed E-state index contributed by atoms with van der Waals surface area (Å²) in [4.78, 5) is 7.26. The van der Waals surface area contributed by atoms with E-state index in [-0.39, 0.29) is 5.41 Å². The maximum Gasteiger partial charge on any atom is 0.227 e. The van der Waals surface area contributed by atoms with Gasteiger partial charge in [0, 0.05) is 33.8 Å². The topological polar surface area (TPSA) is 29.3 Å². The zero-order chi connectivity index (χ0) is 35.5. The van der Waals surface area contributed by atoms with Crippen molar-refractivity contribution in [1.82, 2.24) is 4.98 Å². The monoisotopic (exact) mass is 682 g/mol. The molecule has 0 aliphatic heterocycles. The molecule has 0 spiro atoms. The quantitative estimate of drug-likeness (QED) is 0.175. The Hall–Kier alpha value is -6.45. The fourth-order valence-corrected chi connectivity index (χ4v) is 8.77. The summed E-state index contributed by atoms with van der Waals surface area (Å²) in [5.74, 6) is 1.45. The number of aromatic nitrogens is 1. The summed E-state index contributed by atoms with van der Waals surface area (Å²) < 4.78 is 6.41. The number of rotatable bonds is 6. The highest BCUT2D eigenvalue weighted by Gasteiger charge is 2.44. The molecular weight excluding hydrogens is 645 g/mol. The van der Waals surface area contributed by atoms with Gasteiger partial charge in [0.2, 0.25) is 5.89 Å². The highest BCUT2D eigenvalue weighted by Crippen LogP contribution is 2.54. The molecule has 53 heavy (non-hydrogen) atoms. The Kier molecular flexibility index (Phi) is 7.29. The van der Waals surface area contributed by atoms with Crippen LogP contribution >= 0.6 is 0 Å². The molecule has 1 heterocycles. The highest BCUT2D eigenvalue weighted by molar-refractivity contribution is 6.09. The van der Waals surface area contributed by atoms with Gasteiger partial charge in [-0.25, -0.2) is 4.98 Å². The van der Waals surface area contributed by atoms with E-state index >= 15 is 0 Å². The summed E-state index contributed by atoms with van der Waals surface area (Å²) in [7, 11) is 0. The smallest absolute Gasteiger partial charge is 0.227 e. The minimum absolute atomic E-state index is 0.0626. The Morgan fingerprint density at radius 2 is 1.25 bits per heavy atom. The third-order valence-corrected chi connectivity index (χ3v) is 11.4. The van der Waals surface area contributed by atoms with E-state index in [1.54, 1.807) is 0 Å².